The average molecular weight is 341 g/mol. The first-order chi connectivity index (χ1) is 11.1. The van der Waals surface area contributed by atoms with Crippen LogP contribution in [-0.2, 0) is 9.63 Å². The van der Waals surface area contributed by atoms with Crippen LogP contribution in [0.2, 0.25) is 0 Å². The number of hydrogen-bond donors (Lipinski definition) is 1. The molecular formula is C18H32N2O2S. The third-order valence-corrected chi connectivity index (χ3v) is 5.15. The molecule has 1 aliphatic carbocycles. The monoisotopic (exact) mass is 340 g/mol. The predicted molar refractivity (Wildman–Crippen MR) is 100.0 cm³/mol. The van der Waals surface area contributed by atoms with Crippen molar-refractivity contribution in [2.75, 3.05) is 19.4 Å². The molecule has 1 saturated carbocycles. The maximum atomic E-state index is 12.8. The lowest BCUT2D eigenvalue weighted by molar-refractivity contribution is -0.116. The van der Waals surface area contributed by atoms with Crippen LogP contribution in [-0.4, -0.2) is 36.2 Å². The number of hydroxylamine groups is 1. The fourth-order valence-electron chi connectivity index (χ4n) is 3.14. The van der Waals surface area contributed by atoms with Gasteiger partial charge in [0.15, 0.2) is 5.78 Å². The van der Waals surface area contributed by atoms with Gasteiger partial charge in [0.05, 0.1) is 17.9 Å². The third kappa shape index (κ3) is 6.30. The van der Waals surface area contributed by atoms with Gasteiger partial charge in [0, 0.05) is 24.4 Å². The van der Waals surface area contributed by atoms with Gasteiger partial charge in [-0.15, -0.1) is 0 Å². The van der Waals surface area contributed by atoms with Crippen molar-refractivity contribution in [2.45, 2.75) is 65.0 Å². The molecule has 0 aliphatic heterocycles. The van der Waals surface area contributed by atoms with Gasteiger partial charge in [0.25, 0.3) is 0 Å². The maximum absolute atomic E-state index is 12.8. The number of hydrogen-bond acceptors (Lipinski definition) is 5. The molecule has 0 bridgehead atoms. The molecule has 0 amide bonds. The number of carbonyl (C=O) groups excluding carboxylic acids is 1. The van der Waals surface area contributed by atoms with Gasteiger partial charge in [0.1, 0.15) is 0 Å². The number of rotatable bonds is 9. The summed E-state index contributed by atoms with van der Waals surface area (Å²) in [5.41, 5.74) is 5.60. The Morgan fingerprint density at radius 3 is 2.70 bits per heavy atom. The van der Waals surface area contributed by atoms with Crippen LogP contribution >= 0.6 is 11.8 Å². The highest BCUT2D eigenvalue weighted by atomic mass is 32.2. The van der Waals surface area contributed by atoms with E-state index >= 15 is 0 Å². The zero-order valence-electron chi connectivity index (χ0n) is 15.3. The highest BCUT2D eigenvalue weighted by Crippen LogP contribution is 2.32. The summed E-state index contributed by atoms with van der Waals surface area (Å²) in [6, 6.07) is 0. The van der Waals surface area contributed by atoms with Crippen molar-refractivity contribution in [3.05, 3.63) is 11.3 Å². The Kier molecular flexibility index (Phi) is 9.56. The summed E-state index contributed by atoms with van der Waals surface area (Å²) in [7, 11) is 1.79. The molecular weight excluding hydrogens is 308 g/mol. The van der Waals surface area contributed by atoms with E-state index in [2.05, 4.69) is 31.2 Å². The van der Waals surface area contributed by atoms with Gasteiger partial charge >= 0.3 is 0 Å². The fraction of sp³-hybridized carbons (Fsp3) is 0.778. The van der Waals surface area contributed by atoms with Crippen LogP contribution in [0, 0.1) is 5.92 Å². The first kappa shape index (κ1) is 20.2. The van der Waals surface area contributed by atoms with E-state index in [1.54, 1.807) is 7.05 Å². The molecule has 0 aromatic rings. The molecule has 0 spiro atoms. The van der Waals surface area contributed by atoms with Gasteiger partial charge < -0.3 is 0 Å². The second-order valence-electron chi connectivity index (χ2n) is 6.01. The molecule has 23 heavy (non-hydrogen) atoms. The topological polar surface area (TPSA) is 50.7 Å². The maximum Gasteiger partial charge on any atom is 0.166 e. The summed E-state index contributed by atoms with van der Waals surface area (Å²) < 4.78 is 0. The number of ketones is 1. The van der Waals surface area contributed by atoms with Crippen LogP contribution in [0.25, 0.3) is 0 Å². The molecule has 4 nitrogen and oxygen atoms in total. The number of nitrogens with zero attached hydrogens (tertiary/aromatic N) is 1. The van der Waals surface area contributed by atoms with Crippen LogP contribution < -0.4 is 5.48 Å². The van der Waals surface area contributed by atoms with E-state index in [1.807, 2.05) is 18.7 Å². The van der Waals surface area contributed by atoms with Crippen molar-refractivity contribution in [2.24, 2.45) is 10.9 Å². The third-order valence-electron chi connectivity index (χ3n) is 4.05. The quantitative estimate of drug-likeness (QED) is 0.506. The van der Waals surface area contributed by atoms with Crippen LogP contribution in [0.3, 0.4) is 0 Å². The van der Waals surface area contributed by atoms with E-state index in [0.29, 0.717) is 24.2 Å². The number of allylic oxidation sites excluding steroid dienone is 2. The second kappa shape index (κ2) is 10.9. The molecule has 0 aromatic carbocycles. The molecule has 5 heteroatoms. The highest BCUT2D eigenvalue weighted by Gasteiger charge is 2.31. The van der Waals surface area contributed by atoms with E-state index in [4.69, 9.17) is 4.84 Å². The van der Waals surface area contributed by atoms with E-state index in [1.165, 1.54) is 0 Å². The van der Waals surface area contributed by atoms with Crippen LogP contribution in [0.4, 0.5) is 0 Å². The number of carbonyl (C=O) groups is 1. The first-order valence-corrected chi connectivity index (χ1v) is 9.83. The zero-order chi connectivity index (χ0) is 17.2. The van der Waals surface area contributed by atoms with Crippen LogP contribution in [0.1, 0.15) is 59.8 Å². The summed E-state index contributed by atoms with van der Waals surface area (Å²) in [6.45, 7) is 9.05. The Labute approximate surface area is 145 Å². The zero-order valence-corrected chi connectivity index (χ0v) is 16.1. The molecule has 132 valence electrons. The number of nitrogens with one attached hydrogen (secondary N) is 1. The number of thioether (sulfide) groups is 1. The van der Waals surface area contributed by atoms with Crippen molar-refractivity contribution in [3.63, 3.8) is 0 Å². The van der Waals surface area contributed by atoms with Crippen molar-refractivity contribution >= 4 is 23.3 Å². The van der Waals surface area contributed by atoms with Gasteiger partial charge in [-0.05, 0) is 37.9 Å². The predicted octanol–water partition coefficient (Wildman–Crippen LogP) is 4.16. The van der Waals surface area contributed by atoms with E-state index in [0.717, 1.165) is 48.4 Å². The molecule has 1 aliphatic rings. The smallest absolute Gasteiger partial charge is 0.166 e. The molecule has 2 unspecified atom stereocenters. The Morgan fingerprint density at radius 2 is 2.13 bits per heavy atom. The minimum absolute atomic E-state index is 0.214. The molecule has 2 atom stereocenters. The van der Waals surface area contributed by atoms with Crippen LogP contribution in [0.15, 0.2) is 16.3 Å². The van der Waals surface area contributed by atoms with Crippen molar-refractivity contribution < 1.29 is 9.63 Å². The van der Waals surface area contributed by atoms with Crippen molar-refractivity contribution in [1.29, 1.82) is 0 Å². The molecule has 0 radical (unpaired) electrons. The summed E-state index contributed by atoms with van der Waals surface area (Å²) >= 11 is 1.97. The van der Waals surface area contributed by atoms with Crippen LogP contribution in [0.5, 0.6) is 0 Å². The summed E-state index contributed by atoms with van der Waals surface area (Å²) in [4.78, 5) is 22.5. The number of aliphatic imine (C=N–C) groups is 1. The molecule has 1 N–H and O–H groups in total. The molecule has 1 rings (SSSR count). The lowest BCUT2D eigenvalue weighted by Crippen LogP contribution is -2.31. The van der Waals surface area contributed by atoms with Crippen molar-refractivity contribution in [1.82, 2.24) is 5.48 Å². The van der Waals surface area contributed by atoms with E-state index in [9.17, 15) is 4.79 Å². The van der Waals surface area contributed by atoms with Gasteiger partial charge in [0.2, 0.25) is 0 Å². The van der Waals surface area contributed by atoms with Gasteiger partial charge in [-0.25, -0.2) is 0 Å². The van der Waals surface area contributed by atoms with Gasteiger partial charge in [-0.3, -0.25) is 20.1 Å². The summed E-state index contributed by atoms with van der Waals surface area (Å²) in [5, 5.41) is 0.595. The Bertz CT molecular complexity index is 446. The SMILES string of the molecule is CCC/C(NOCC)=C1\C(=O)CC(CC(C)SCC)CC1=NC. The Balaban J connectivity index is 2.93. The lowest BCUT2D eigenvalue weighted by atomic mass is 9.80. The standard InChI is InChI=1S/C18H32N2O2S/c1-6-9-15(20-22-7-2)18-16(19-5)11-14(12-17(18)21)10-13(4)23-8-3/h13-14,20H,6-12H2,1-5H3/b18-15+,19-16?. The molecule has 0 heterocycles. The summed E-state index contributed by atoms with van der Waals surface area (Å²) in [5.74, 6) is 1.75. The largest absolute Gasteiger partial charge is 0.294 e. The lowest BCUT2D eigenvalue weighted by Gasteiger charge is -2.28. The van der Waals surface area contributed by atoms with E-state index in [-0.39, 0.29) is 5.78 Å². The minimum atomic E-state index is 0.214. The first-order valence-electron chi connectivity index (χ1n) is 8.78. The summed E-state index contributed by atoms with van der Waals surface area (Å²) in [6.07, 6.45) is 4.39. The average Bonchev–Trinajstić information content (AvgIpc) is 2.51. The van der Waals surface area contributed by atoms with Crippen molar-refractivity contribution in [3.8, 4) is 0 Å². The van der Waals surface area contributed by atoms with Gasteiger partial charge in [-0.1, -0.05) is 27.2 Å². The van der Waals surface area contributed by atoms with E-state index < -0.39 is 0 Å². The normalized spacial score (nSPS) is 24.0. The molecule has 0 aromatic heterocycles. The van der Waals surface area contributed by atoms with Gasteiger partial charge in [-0.2, -0.15) is 11.8 Å². The second-order valence-corrected chi connectivity index (χ2v) is 7.72. The molecule has 1 fully saturated rings. The number of Topliss-reactive ketones (excluding diaryl/α,β-unsaturated/α-hetero) is 1. The highest BCUT2D eigenvalue weighted by molar-refractivity contribution is 7.99. The Morgan fingerprint density at radius 1 is 1.39 bits per heavy atom. The minimum Gasteiger partial charge on any atom is -0.294 e. The Hall–Kier alpha value is -0.810. The molecule has 0 saturated heterocycles. The fourth-order valence-corrected chi connectivity index (χ4v) is 4.12.